The average Bonchev–Trinajstić information content (AvgIpc) is 3.14. The smallest absolute Gasteiger partial charge is 0.361 e. The Kier molecular flexibility index (Phi) is 6.83. The molecule has 0 atom stereocenters. The number of carbonyl (C=O) groups is 2. The molecule has 162 valence electrons. The van der Waals surface area contributed by atoms with Crippen LogP contribution in [0.3, 0.4) is 0 Å². The molecule has 0 unspecified atom stereocenters. The lowest BCUT2D eigenvalue weighted by Crippen LogP contribution is -2.30. The van der Waals surface area contributed by atoms with Crippen LogP contribution < -0.4 is 10.5 Å². The number of nitrogens with zero attached hydrogens (tertiary/aromatic N) is 1. The number of nitrogens with one attached hydrogen (secondary N) is 1. The summed E-state index contributed by atoms with van der Waals surface area (Å²) in [7, 11) is -3.74. The van der Waals surface area contributed by atoms with Crippen LogP contribution in [-0.4, -0.2) is 38.4 Å². The summed E-state index contributed by atoms with van der Waals surface area (Å²) in [6.45, 7) is 1.42. The third kappa shape index (κ3) is 6.00. The fraction of sp³-hybridized carbons (Fsp3) is 0.190. The molecular weight excluding hydrogens is 422 g/mol. The number of primary sulfonamides is 1. The molecule has 0 spiro atoms. The molecule has 0 aliphatic heterocycles. The van der Waals surface area contributed by atoms with Gasteiger partial charge in [0.25, 0.3) is 5.91 Å². The number of sulfonamides is 1. The maximum Gasteiger partial charge on any atom is 0.361 e. The van der Waals surface area contributed by atoms with E-state index in [2.05, 4.69) is 10.3 Å². The number of rotatable bonds is 8. The summed E-state index contributed by atoms with van der Waals surface area (Å²) >= 11 is 0. The van der Waals surface area contributed by atoms with Crippen molar-refractivity contribution in [1.82, 2.24) is 10.3 Å². The molecule has 1 amide bonds. The molecule has 1 heterocycles. The predicted octanol–water partition coefficient (Wildman–Crippen LogP) is 1.81. The van der Waals surface area contributed by atoms with Gasteiger partial charge in [-0.2, -0.15) is 0 Å². The third-order valence-electron chi connectivity index (χ3n) is 4.33. The van der Waals surface area contributed by atoms with Gasteiger partial charge in [0.2, 0.25) is 15.9 Å². The Bertz CT molecular complexity index is 1170. The number of aryl methyl sites for hydroxylation is 1. The highest BCUT2D eigenvalue weighted by Crippen LogP contribution is 2.21. The van der Waals surface area contributed by atoms with Gasteiger partial charge in [0.05, 0.1) is 4.90 Å². The first-order chi connectivity index (χ1) is 14.7. The zero-order valence-electron chi connectivity index (χ0n) is 16.7. The highest BCUT2D eigenvalue weighted by Gasteiger charge is 2.20. The van der Waals surface area contributed by atoms with Crippen LogP contribution in [0.1, 0.15) is 21.8 Å². The van der Waals surface area contributed by atoms with Gasteiger partial charge in [-0.05, 0) is 43.2 Å². The van der Waals surface area contributed by atoms with E-state index in [0.29, 0.717) is 18.1 Å². The third-order valence-corrected chi connectivity index (χ3v) is 5.26. The Morgan fingerprint density at radius 3 is 2.42 bits per heavy atom. The summed E-state index contributed by atoms with van der Waals surface area (Å²) in [6, 6.07) is 15.1. The first-order valence-electron chi connectivity index (χ1n) is 9.32. The van der Waals surface area contributed by atoms with Crippen LogP contribution in [0.15, 0.2) is 63.9 Å². The number of esters is 1. The Morgan fingerprint density at radius 1 is 1.10 bits per heavy atom. The van der Waals surface area contributed by atoms with Crippen LogP contribution >= 0.6 is 0 Å². The van der Waals surface area contributed by atoms with Crippen LogP contribution in [0, 0.1) is 6.92 Å². The van der Waals surface area contributed by atoms with E-state index in [0.717, 1.165) is 11.1 Å². The average molecular weight is 443 g/mol. The van der Waals surface area contributed by atoms with E-state index in [4.69, 9.17) is 14.3 Å². The number of nitrogens with two attached hydrogens (primary N) is 1. The largest absolute Gasteiger partial charge is 0.451 e. The number of hydrogen-bond donors (Lipinski definition) is 2. The first kappa shape index (κ1) is 22.2. The molecule has 0 saturated carbocycles. The molecule has 9 nitrogen and oxygen atoms in total. The van der Waals surface area contributed by atoms with E-state index in [1.54, 1.807) is 31.2 Å². The molecule has 3 N–H and O–H groups in total. The Morgan fingerprint density at radius 2 is 1.77 bits per heavy atom. The highest BCUT2D eigenvalue weighted by molar-refractivity contribution is 7.89. The topological polar surface area (TPSA) is 142 Å². The normalized spacial score (nSPS) is 11.2. The maximum atomic E-state index is 12.2. The predicted molar refractivity (Wildman–Crippen MR) is 111 cm³/mol. The van der Waals surface area contributed by atoms with E-state index >= 15 is 0 Å². The second-order valence-electron chi connectivity index (χ2n) is 6.65. The van der Waals surface area contributed by atoms with Crippen molar-refractivity contribution in [3.8, 4) is 11.5 Å². The van der Waals surface area contributed by atoms with Gasteiger partial charge in [-0.15, -0.1) is 0 Å². The number of benzene rings is 2. The van der Waals surface area contributed by atoms with Crippen molar-refractivity contribution >= 4 is 21.9 Å². The zero-order valence-corrected chi connectivity index (χ0v) is 17.5. The van der Waals surface area contributed by atoms with Gasteiger partial charge in [0.1, 0.15) is 5.76 Å². The molecule has 2 aromatic carbocycles. The number of hydrogen-bond acceptors (Lipinski definition) is 7. The lowest BCUT2D eigenvalue weighted by Gasteiger charge is -2.06. The lowest BCUT2D eigenvalue weighted by atomic mass is 10.1. The summed E-state index contributed by atoms with van der Waals surface area (Å²) in [5, 5.41) is 7.68. The number of oxazole rings is 1. The molecule has 0 fully saturated rings. The van der Waals surface area contributed by atoms with Crippen molar-refractivity contribution in [3.63, 3.8) is 0 Å². The molecular formula is C21H21N3O6S. The van der Waals surface area contributed by atoms with E-state index in [1.807, 2.05) is 18.2 Å². The van der Waals surface area contributed by atoms with E-state index < -0.39 is 28.5 Å². The SMILES string of the molecule is Cc1oc(-c2ccccc2)nc1C(=O)OCC(=O)NCCc1ccc(S(N)(=O)=O)cc1. The fourth-order valence-electron chi connectivity index (χ4n) is 2.73. The molecule has 0 saturated heterocycles. The van der Waals surface area contributed by atoms with Gasteiger partial charge >= 0.3 is 5.97 Å². The van der Waals surface area contributed by atoms with Gasteiger partial charge in [0, 0.05) is 12.1 Å². The Hall–Kier alpha value is -3.50. The fourth-order valence-corrected chi connectivity index (χ4v) is 3.25. The molecule has 10 heteroatoms. The second kappa shape index (κ2) is 9.54. The van der Waals surface area contributed by atoms with Crippen molar-refractivity contribution < 1.29 is 27.2 Å². The quantitative estimate of drug-likeness (QED) is 0.506. The summed E-state index contributed by atoms with van der Waals surface area (Å²) in [6.07, 6.45) is 0.466. The Balaban J connectivity index is 1.46. The zero-order chi connectivity index (χ0) is 22.4. The number of ether oxygens (including phenoxy) is 1. The second-order valence-corrected chi connectivity index (χ2v) is 8.22. The standard InChI is InChI=1S/C21H21N3O6S/c1-14-19(24-20(30-14)16-5-3-2-4-6-16)21(26)29-13-18(25)23-12-11-15-7-9-17(10-8-15)31(22,27)28/h2-10H,11-13H2,1H3,(H,23,25)(H2,22,27,28). The maximum absolute atomic E-state index is 12.2. The van der Waals surface area contributed by atoms with Crippen LogP contribution in [0.5, 0.6) is 0 Å². The number of carbonyl (C=O) groups excluding carboxylic acids is 2. The molecule has 1 aromatic heterocycles. The van der Waals surface area contributed by atoms with E-state index in [1.165, 1.54) is 12.1 Å². The first-order valence-corrected chi connectivity index (χ1v) is 10.9. The van der Waals surface area contributed by atoms with Crippen molar-refractivity contribution in [2.75, 3.05) is 13.2 Å². The summed E-state index contributed by atoms with van der Waals surface area (Å²) in [4.78, 5) is 28.4. The monoisotopic (exact) mass is 443 g/mol. The highest BCUT2D eigenvalue weighted by atomic mass is 32.2. The number of amides is 1. The van der Waals surface area contributed by atoms with Crippen LogP contribution in [-0.2, 0) is 26.0 Å². The summed E-state index contributed by atoms with van der Waals surface area (Å²) in [5.41, 5.74) is 1.55. The van der Waals surface area contributed by atoms with Crippen molar-refractivity contribution in [2.24, 2.45) is 5.14 Å². The summed E-state index contributed by atoms with van der Waals surface area (Å²) in [5.74, 6) is -0.633. The molecule has 0 bridgehead atoms. The lowest BCUT2D eigenvalue weighted by molar-refractivity contribution is -0.124. The molecule has 0 aliphatic carbocycles. The molecule has 3 rings (SSSR count). The van der Waals surface area contributed by atoms with Crippen LogP contribution in [0.25, 0.3) is 11.5 Å². The van der Waals surface area contributed by atoms with Gasteiger partial charge in [-0.3, -0.25) is 4.79 Å². The molecule has 0 aliphatic rings. The van der Waals surface area contributed by atoms with Gasteiger partial charge in [-0.25, -0.2) is 23.3 Å². The van der Waals surface area contributed by atoms with Gasteiger partial charge in [-0.1, -0.05) is 30.3 Å². The number of aromatic nitrogens is 1. The Labute approximate surface area is 179 Å². The van der Waals surface area contributed by atoms with Crippen LogP contribution in [0.2, 0.25) is 0 Å². The van der Waals surface area contributed by atoms with Gasteiger partial charge in [0.15, 0.2) is 12.3 Å². The molecule has 31 heavy (non-hydrogen) atoms. The molecule has 3 aromatic rings. The minimum absolute atomic E-state index is 0.0154. The van der Waals surface area contributed by atoms with Crippen LogP contribution in [0.4, 0.5) is 0 Å². The minimum Gasteiger partial charge on any atom is -0.451 e. The minimum atomic E-state index is -3.74. The summed E-state index contributed by atoms with van der Waals surface area (Å²) < 4.78 is 33.0. The molecule has 0 radical (unpaired) electrons. The van der Waals surface area contributed by atoms with Crippen molar-refractivity contribution in [3.05, 3.63) is 71.6 Å². The van der Waals surface area contributed by atoms with E-state index in [-0.39, 0.29) is 17.1 Å². The van der Waals surface area contributed by atoms with Gasteiger partial charge < -0.3 is 14.5 Å². The van der Waals surface area contributed by atoms with Crippen molar-refractivity contribution in [2.45, 2.75) is 18.2 Å². The van der Waals surface area contributed by atoms with E-state index in [9.17, 15) is 18.0 Å². The van der Waals surface area contributed by atoms with Crippen molar-refractivity contribution in [1.29, 1.82) is 0 Å².